The molecular weight excluding hydrogens is 364 g/mol. The van der Waals surface area contributed by atoms with E-state index in [1.54, 1.807) is 11.7 Å². The van der Waals surface area contributed by atoms with Gasteiger partial charge in [0.25, 0.3) is 5.56 Å². The lowest BCUT2D eigenvalue weighted by molar-refractivity contribution is 0.243. The zero-order chi connectivity index (χ0) is 20.7. The fourth-order valence-electron chi connectivity index (χ4n) is 4.47. The molecule has 1 atom stereocenters. The number of likely N-dealkylation sites (N-methyl/N-ethyl adjacent to an activating group) is 1. The number of pyridine rings is 1. The van der Waals surface area contributed by atoms with Crippen LogP contribution in [0.15, 0.2) is 29.1 Å². The highest BCUT2D eigenvalue weighted by atomic mass is 16.5. The molecule has 152 valence electrons. The molecule has 1 saturated heterocycles. The lowest BCUT2D eigenvalue weighted by Gasteiger charge is -2.30. The molecule has 1 aromatic carbocycles. The topological polar surface area (TPSA) is 60.2 Å². The normalized spacial score (nSPS) is 17.6. The molecule has 3 heterocycles. The van der Waals surface area contributed by atoms with Gasteiger partial charge in [0, 0.05) is 25.1 Å². The molecule has 1 aliphatic rings. The standard InChI is InChI=1S/C23H28N4O2/c1-14-11-15(2)20(19(12-14)29-5)18-9-8-17-21(24-18)25-22(27(4)23(17)28)16-7-6-10-26(3)13-16/h8-9,11-12,16H,6-7,10,13H2,1-5H3. The summed E-state index contributed by atoms with van der Waals surface area (Å²) < 4.78 is 7.31. The summed E-state index contributed by atoms with van der Waals surface area (Å²) in [6.45, 7) is 6.10. The summed E-state index contributed by atoms with van der Waals surface area (Å²) in [5.41, 5.74) is 4.42. The van der Waals surface area contributed by atoms with Gasteiger partial charge in [0.15, 0.2) is 5.65 Å². The minimum absolute atomic E-state index is 0.0372. The van der Waals surface area contributed by atoms with Crippen LogP contribution in [0.3, 0.4) is 0 Å². The van der Waals surface area contributed by atoms with Gasteiger partial charge < -0.3 is 9.64 Å². The van der Waals surface area contributed by atoms with Gasteiger partial charge in [-0.1, -0.05) is 6.07 Å². The zero-order valence-corrected chi connectivity index (χ0v) is 17.8. The lowest BCUT2D eigenvalue weighted by atomic mass is 9.97. The summed E-state index contributed by atoms with van der Waals surface area (Å²) in [5.74, 6) is 1.86. The van der Waals surface area contributed by atoms with Crippen LogP contribution < -0.4 is 10.3 Å². The molecule has 0 radical (unpaired) electrons. The molecule has 0 saturated carbocycles. The molecule has 0 amide bonds. The Morgan fingerprint density at radius 3 is 2.66 bits per heavy atom. The lowest BCUT2D eigenvalue weighted by Crippen LogP contribution is -2.34. The Morgan fingerprint density at radius 1 is 1.14 bits per heavy atom. The number of benzene rings is 1. The molecule has 0 aliphatic carbocycles. The second kappa shape index (κ2) is 7.59. The first-order chi connectivity index (χ1) is 13.9. The molecule has 6 heteroatoms. The fourth-order valence-corrected chi connectivity index (χ4v) is 4.47. The number of likely N-dealkylation sites (tertiary alicyclic amines) is 1. The second-order valence-electron chi connectivity index (χ2n) is 8.16. The van der Waals surface area contributed by atoms with Crippen molar-refractivity contribution < 1.29 is 4.74 Å². The van der Waals surface area contributed by atoms with Gasteiger partial charge in [-0.3, -0.25) is 9.36 Å². The number of piperidine rings is 1. The van der Waals surface area contributed by atoms with Crippen LogP contribution in [0.1, 0.15) is 35.7 Å². The van der Waals surface area contributed by atoms with Crippen molar-refractivity contribution in [3.63, 3.8) is 0 Å². The summed E-state index contributed by atoms with van der Waals surface area (Å²) >= 11 is 0. The predicted molar refractivity (Wildman–Crippen MR) is 116 cm³/mol. The van der Waals surface area contributed by atoms with E-state index in [0.29, 0.717) is 11.0 Å². The Hall–Kier alpha value is -2.73. The molecule has 1 fully saturated rings. The maximum Gasteiger partial charge on any atom is 0.262 e. The molecule has 1 unspecified atom stereocenters. The van der Waals surface area contributed by atoms with Crippen molar-refractivity contribution in [2.45, 2.75) is 32.6 Å². The van der Waals surface area contributed by atoms with Crippen LogP contribution in [0.2, 0.25) is 0 Å². The summed E-state index contributed by atoms with van der Waals surface area (Å²) in [5, 5.41) is 0.549. The highest BCUT2D eigenvalue weighted by molar-refractivity contribution is 5.80. The van der Waals surface area contributed by atoms with Crippen LogP contribution in [0.4, 0.5) is 0 Å². The summed E-state index contributed by atoms with van der Waals surface area (Å²) in [7, 11) is 5.61. The minimum Gasteiger partial charge on any atom is -0.496 e. The van der Waals surface area contributed by atoms with Gasteiger partial charge in [0.1, 0.15) is 11.6 Å². The largest absolute Gasteiger partial charge is 0.496 e. The zero-order valence-electron chi connectivity index (χ0n) is 17.8. The van der Waals surface area contributed by atoms with Crippen molar-refractivity contribution in [2.24, 2.45) is 7.05 Å². The maximum absolute atomic E-state index is 13.0. The van der Waals surface area contributed by atoms with Gasteiger partial charge >= 0.3 is 0 Å². The average Bonchev–Trinajstić information content (AvgIpc) is 2.69. The van der Waals surface area contributed by atoms with Gasteiger partial charge in [0.2, 0.25) is 0 Å². The highest BCUT2D eigenvalue weighted by Crippen LogP contribution is 2.34. The number of nitrogens with zero attached hydrogens (tertiary/aromatic N) is 4. The monoisotopic (exact) mass is 392 g/mol. The van der Waals surface area contributed by atoms with Gasteiger partial charge in [-0.05, 0) is 69.6 Å². The van der Waals surface area contributed by atoms with Crippen LogP contribution >= 0.6 is 0 Å². The number of hydrogen-bond acceptors (Lipinski definition) is 5. The first-order valence-corrected chi connectivity index (χ1v) is 10.1. The number of fused-ring (bicyclic) bond motifs is 1. The van der Waals surface area contributed by atoms with Crippen LogP contribution in [0, 0.1) is 13.8 Å². The van der Waals surface area contributed by atoms with E-state index in [2.05, 4.69) is 24.9 Å². The number of aryl methyl sites for hydroxylation is 2. The Kier molecular flexibility index (Phi) is 5.13. The average molecular weight is 393 g/mol. The number of hydrogen-bond donors (Lipinski definition) is 0. The molecule has 0 bridgehead atoms. The van der Waals surface area contributed by atoms with Gasteiger partial charge in [0.05, 0.1) is 18.2 Å². The maximum atomic E-state index is 13.0. The number of ether oxygens (including phenoxy) is 1. The molecule has 6 nitrogen and oxygen atoms in total. The van der Waals surface area contributed by atoms with Gasteiger partial charge in [-0.15, -0.1) is 0 Å². The van der Waals surface area contributed by atoms with E-state index in [9.17, 15) is 4.79 Å². The van der Waals surface area contributed by atoms with Crippen molar-refractivity contribution in [1.82, 2.24) is 19.4 Å². The third kappa shape index (κ3) is 3.53. The Morgan fingerprint density at radius 2 is 1.93 bits per heavy atom. The summed E-state index contributed by atoms with van der Waals surface area (Å²) in [6.07, 6.45) is 2.16. The Balaban J connectivity index is 1.88. The smallest absolute Gasteiger partial charge is 0.262 e. The van der Waals surface area contributed by atoms with E-state index in [4.69, 9.17) is 14.7 Å². The number of rotatable bonds is 3. The molecule has 4 rings (SSSR count). The fraction of sp³-hybridized carbons (Fsp3) is 0.435. The second-order valence-corrected chi connectivity index (χ2v) is 8.16. The van der Waals surface area contributed by atoms with Crippen LogP contribution in [-0.2, 0) is 7.05 Å². The molecule has 0 spiro atoms. The predicted octanol–water partition coefficient (Wildman–Crippen LogP) is 3.43. The molecule has 2 aromatic heterocycles. The Bertz CT molecular complexity index is 1140. The minimum atomic E-state index is -0.0372. The van der Waals surface area contributed by atoms with Gasteiger partial charge in [-0.2, -0.15) is 0 Å². The molecule has 0 N–H and O–H groups in total. The molecular formula is C23H28N4O2. The van der Waals surface area contributed by atoms with E-state index in [1.165, 1.54) is 0 Å². The first-order valence-electron chi connectivity index (χ1n) is 10.1. The van der Waals surface area contributed by atoms with Crippen molar-refractivity contribution in [2.75, 3.05) is 27.2 Å². The SMILES string of the molecule is COc1cc(C)cc(C)c1-c1ccc2c(=O)n(C)c(C3CCCN(C)C3)nc2n1. The van der Waals surface area contributed by atoms with E-state index < -0.39 is 0 Å². The van der Waals surface area contributed by atoms with E-state index >= 15 is 0 Å². The van der Waals surface area contributed by atoms with Crippen molar-refractivity contribution in [3.8, 4) is 17.0 Å². The van der Waals surface area contributed by atoms with Crippen molar-refractivity contribution in [1.29, 1.82) is 0 Å². The third-order valence-electron chi connectivity index (χ3n) is 5.88. The molecule has 1 aliphatic heterocycles. The molecule has 3 aromatic rings. The van der Waals surface area contributed by atoms with Crippen LogP contribution in [-0.4, -0.2) is 46.7 Å². The van der Waals surface area contributed by atoms with Crippen LogP contribution in [0.25, 0.3) is 22.3 Å². The Labute approximate surface area is 171 Å². The third-order valence-corrected chi connectivity index (χ3v) is 5.88. The van der Waals surface area contributed by atoms with Crippen molar-refractivity contribution in [3.05, 3.63) is 51.6 Å². The first kappa shape index (κ1) is 19.6. The van der Waals surface area contributed by atoms with E-state index in [1.807, 2.05) is 32.2 Å². The number of aromatic nitrogens is 3. The van der Waals surface area contributed by atoms with Crippen molar-refractivity contribution >= 4 is 11.0 Å². The highest BCUT2D eigenvalue weighted by Gasteiger charge is 2.24. The summed E-state index contributed by atoms with van der Waals surface area (Å²) in [6, 6.07) is 7.85. The van der Waals surface area contributed by atoms with Crippen LogP contribution in [0.5, 0.6) is 5.75 Å². The number of methoxy groups -OCH3 is 1. The summed E-state index contributed by atoms with van der Waals surface area (Å²) in [4.78, 5) is 25.0. The quantitative estimate of drug-likeness (QED) is 0.683. The van der Waals surface area contributed by atoms with E-state index in [-0.39, 0.29) is 11.5 Å². The molecule has 29 heavy (non-hydrogen) atoms. The van der Waals surface area contributed by atoms with Gasteiger partial charge in [-0.25, -0.2) is 9.97 Å². The van der Waals surface area contributed by atoms with E-state index in [0.717, 1.165) is 59.9 Å².